The van der Waals surface area contributed by atoms with E-state index in [1.54, 1.807) is 6.07 Å². The number of nitrogens with zero attached hydrogens (tertiary/aromatic N) is 1. The van der Waals surface area contributed by atoms with Gasteiger partial charge in [-0.1, -0.05) is 11.6 Å². The third kappa shape index (κ3) is 2.09. The molecule has 0 aliphatic carbocycles. The van der Waals surface area contributed by atoms with Gasteiger partial charge in [-0.25, -0.2) is 4.39 Å². The van der Waals surface area contributed by atoms with Crippen LogP contribution >= 0.6 is 23.8 Å². The van der Waals surface area contributed by atoms with Crippen LogP contribution in [0.1, 0.15) is 0 Å². The van der Waals surface area contributed by atoms with Crippen molar-refractivity contribution in [3.05, 3.63) is 29.0 Å². The number of rotatable bonds is 1. The third-order valence-corrected chi connectivity index (χ3v) is 1.48. The highest BCUT2D eigenvalue weighted by molar-refractivity contribution is 7.78. The molecule has 0 saturated carbocycles. The van der Waals surface area contributed by atoms with Crippen molar-refractivity contribution in [1.82, 2.24) is 0 Å². The summed E-state index contributed by atoms with van der Waals surface area (Å²) in [5.74, 6) is -0.502. The first-order valence-electron chi connectivity index (χ1n) is 2.77. The Morgan fingerprint density at radius 3 is 2.82 bits per heavy atom. The van der Waals surface area contributed by atoms with Crippen molar-refractivity contribution in [2.75, 3.05) is 0 Å². The van der Waals surface area contributed by atoms with Gasteiger partial charge in [0.05, 0.1) is 15.9 Å². The minimum absolute atomic E-state index is 0.0771. The molecule has 0 atom stereocenters. The van der Waals surface area contributed by atoms with Gasteiger partial charge in [0.25, 0.3) is 0 Å². The van der Waals surface area contributed by atoms with E-state index in [1.165, 1.54) is 12.1 Å². The highest BCUT2D eigenvalue weighted by atomic mass is 35.5. The van der Waals surface area contributed by atoms with Crippen LogP contribution in [0.5, 0.6) is 0 Å². The van der Waals surface area contributed by atoms with Crippen LogP contribution < -0.4 is 0 Å². The summed E-state index contributed by atoms with van der Waals surface area (Å²) in [6.07, 6.45) is 0. The first-order chi connectivity index (χ1) is 5.24. The molecule has 11 heavy (non-hydrogen) atoms. The quantitative estimate of drug-likeness (QED) is 0.486. The van der Waals surface area contributed by atoms with Crippen LogP contribution in [0.2, 0.25) is 5.02 Å². The minimum Gasteiger partial charge on any atom is -0.205 e. The maximum Gasteiger partial charge on any atom is 0.143 e. The number of isothiocyanates is 1. The van der Waals surface area contributed by atoms with E-state index in [1.807, 2.05) is 0 Å². The zero-order chi connectivity index (χ0) is 8.27. The van der Waals surface area contributed by atoms with Gasteiger partial charge in [-0.3, -0.25) is 0 Å². The summed E-state index contributed by atoms with van der Waals surface area (Å²) in [7, 11) is 0. The van der Waals surface area contributed by atoms with E-state index in [0.717, 1.165) is 0 Å². The van der Waals surface area contributed by atoms with Crippen molar-refractivity contribution in [2.24, 2.45) is 4.99 Å². The van der Waals surface area contributed by atoms with Gasteiger partial charge in [-0.15, -0.1) is 0 Å². The van der Waals surface area contributed by atoms with Crippen LogP contribution in [-0.2, 0) is 0 Å². The van der Waals surface area contributed by atoms with Crippen molar-refractivity contribution in [1.29, 1.82) is 0 Å². The lowest BCUT2D eigenvalue weighted by molar-refractivity contribution is 0.628. The monoisotopic (exact) mass is 187 g/mol. The van der Waals surface area contributed by atoms with Crippen LogP contribution in [0.3, 0.4) is 0 Å². The smallest absolute Gasteiger partial charge is 0.143 e. The van der Waals surface area contributed by atoms with Gasteiger partial charge in [-0.05, 0) is 24.4 Å². The molecule has 0 heterocycles. The summed E-state index contributed by atoms with van der Waals surface area (Å²) in [5, 5.41) is 2.21. The van der Waals surface area contributed by atoms with Crippen molar-refractivity contribution < 1.29 is 4.39 Å². The first-order valence-corrected chi connectivity index (χ1v) is 3.55. The zero-order valence-corrected chi connectivity index (χ0v) is 6.92. The number of hydrogen-bond acceptors (Lipinski definition) is 2. The fourth-order valence-corrected chi connectivity index (χ4v) is 0.830. The fraction of sp³-hybridized carbons (Fsp3) is 0. The third-order valence-electron chi connectivity index (χ3n) is 1.08. The summed E-state index contributed by atoms with van der Waals surface area (Å²) in [6, 6.07) is 4.18. The van der Waals surface area contributed by atoms with E-state index in [4.69, 9.17) is 11.6 Å². The van der Waals surface area contributed by atoms with Gasteiger partial charge in [0, 0.05) is 6.07 Å². The van der Waals surface area contributed by atoms with Crippen LogP contribution in [0.4, 0.5) is 10.1 Å². The number of hydrogen-bond donors (Lipinski definition) is 0. The molecule has 0 aromatic heterocycles. The maximum atomic E-state index is 12.6. The van der Waals surface area contributed by atoms with Crippen molar-refractivity contribution in [2.45, 2.75) is 0 Å². The predicted molar refractivity (Wildman–Crippen MR) is 46.1 cm³/mol. The molecule has 4 heteroatoms. The fourth-order valence-electron chi connectivity index (χ4n) is 0.607. The molecular weight excluding hydrogens is 185 g/mol. The van der Waals surface area contributed by atoms with Crippen LogP contribution in [0.15, 0.2) is 23.2 Å². The first kappa shape index (κ1) is 8.34. The molecule has 0 bridgehead atoms. The van der Waals surface area contributed by atoms with E-state index in [2.05, 4.69) is 22.4 Å². The van der Waals surface area contributed by atoms with E-state index < -0.39 is 5.82 Å². The average Bonchev–Trinajstić information content (AvgIpc) is 1.98. The van der Waals surface area contributed by atoms with Crippen LogP contribution in [-0.4, -0.2) is 5.16 Å². The van der Waals surface area contributed by atoms with Crippen LogP contribution in [0.25, 0.3) is 0 Å². The van der Waals surface area contributed by atoms with Gasteiger partial charge in [-0.2, -0.15) is 4.99 Å². The van der Waals surface area contributed by atoms with Crippen molar-refractivity contribution >= 4 is 34.7 Å². The van der Waals surface area contributed by atoms with E-state index in [0.29, 0.717) is 5.69 Å². The Labute approximate surface area is 73.5 Å². The summed E-state index contributed by atoms with van der Waals surface area (Å²) >= 11 is 9.76. The summed E-state index contributed by atoms with van der Waals surface area (Å²) in [5.41, 5.74) is 0.418. The van der Waals surface area contributed by atoms with Gasteiger partial charge >= 0.3 is 0 Å². The second-order valence-corrected chi connectivity index (χ2v) is 2.39. The molecule has 1 rings (SSSR count). The Balaban J connectivity index is 3.14. The second-order valence-electron chi connectivity index (χ2n) is 1.80. The SMILES string of the molecule is Fc1cc(N=C=S)ccc1Cl. The lowest BCUT2D eigenvalue weighted by Gasteiger charge is -1.92. The Morgan fingerprint density at radius 1 is 1.55 bits per heavy atom. The predicted octanol–water partition coefficient (Wildman–Crippen LogP) is 3.21. The number of halogens is 2. The standard InChI is InChI=1S/C7H3ClFNS/c8-6-2-1-5(10-4-11)3-7(6)9/h1-3H. The summed E-state index contributed by atoms with van der Waals surface area (Å²) in [6.45, 7) is 0. The van der Waals surface area contributed by atoms with Crippen molar-refractivity contribution in [3.8, 4) is 0 Å². The molecule has 0 amide bonds. The molecule has 1 aromatic carbocycles. The second kappa shape index (κ2) is 3.58. The molecule has 0 N–H and O–H groups in total. The highest BCUT2D eigenvalue weighted by Gasteiger charge is 1.98. The van der Waals surface area contributed by atoms with Crippen molar-refractivity contribution in [3.63, 3.8) is 0 Å². The minimum atomic E-state index is -0.502. The molecule has 0 radical (unpaired) electrons. The normalized spacial score (nSPS) is 8.91. The Bertz CT molecular complexity index is 320. The topological polar surface area (TPSA) is 12.4 Å². The van der Waals surface area contributed by atoms with E-state index >= 15 is 0 Å². The molecule has 56 valence electrons. The molecule has 1 nitrogen and oxygen atoms in total. The molecule has 0 fully saturated rings. The van der Waals surface area contributed by atoms with Gasteiger partial charge in [0.1, 0.15) is 5.82 Å². The summed E-state index contributed by atoms with van der Waals surface area (Å²) < 4.78 is 12.6. The number of thiocarbonyl (C=S) groups is 1. The highest BCUT2D eigenvalue weighted by Crippen LogP contribution is 2.19. The Kier molecular flexibility index (Phi) is 2.71. The number of aliphatic imine (C=N–C) groups is 1. The molecule has 0 aliphatic heterocycles. The van der Waals surface area contributed by atoms with Gasteiger partial charge in [0.15, 0.2) is 0 Å². The molecular formula is C7H3ClFNS. The van der Waals surface area contributed by atoms with E-state index in [9.17, 15) is 4.39 Å². The molecule has 0 spiro atoms. The molecule has 0 aliphatic rings. The zero-order valence-electron chi connectivity index (χ0n) is 5.34. The molecule has 1 aromatic rings. The molecule has 0 unspecified atom stereocenters. The largest absolute Gasteiger partial charge is 0.205 e. The maximum absolute atomic E-state index is 12.6. The van der Waals surface area contributed by atoms with E-state index in [-0.39, 0.29) is 5.02 Å². The average molecular weight is 188 g/mol. The lowest BCUT2D eigenvalue weighted by Crippen LogP contribution is -1.73. The lowest BCUT2D eigenvalue weighted by atomic mass is 10.3. The molecule has 0 saturated heterocycles. The Hall–Kier alpha value is -0.760. The number of benzene rings is 1. The van der Waals surface area contributed by atoms with Crippen LogP contribution in [0, 0.1) is 5.82 Å². The summed E-state index contributed by atoms with van der Waals surface area (Å²) in [4.78, 5) is 3.57. The Morgan fingerprint density at radius 2 is 2.27 bits per heavy atom. The van der Waals surface area contributed by atoms with Gasteiger partial charge in [0.2, 0.25) is 0 Å². The van der Waals surface area contributed by atoms with Gasteiger partial charge < -0.3 is 0 Å².